The highest BCUT2D eigenvalue weighted by Gasteiger charge is 2.16. The SMILES string of the molecule is O=C(CCCNC(=O)c1ccsc1)Nc1ccc2c3c(cccc13)CC2. The summed E-state index contributed by atoms with van der Waals surface area (Å²) in [5.41, 5.74) is 4.28. The van der Waals surface area contributed by atoms with E-state index in [0.717, 1.165) is 23.9 Å². The van der Waals surface area contributed by atoms with Crippen LogP contribution in [0.1, 0.15) is 34.3 Å². The molecular formula is C21H20N2O2S. The van der Waals surface area contributed by atoms with Crippen LogP contribution in [0, 0.1) is 0 Å². The summed E-state index contributed by atoms with van der Waals surface area (Å²) in [6, 6.07) is 12.2. The molecule has 26 heavy (non-hydrogen) atoms. The van der Waals surface area contributed by atoms with Gasteiger partial charge in [-0.05, 0) is 53.3 Å². The molecule has 2 aromatic carbocycles. The Morgan fingerprint density at radius 3 is 2.69 bits per heavy atom. The van der Waals surface area contributed by atoms with Crippen LogP contribution in [-0.2, 0) is 17.6 Å². The Kier molecular flexibility index (Phi) is 4.71. The molecule has 2 amide bonds. The van der Waals surface area contributed by atoms with E-state index in [4.69, 9.17) is 0 Å². The van der Waals surface area contributed by atoms with Gasteiger partial charge in [-0.1, -0.05) is 24.3 Å². The summed E-state index contributed by atoms with van der Waals surface area (Å²) in [4.78, 5) is 24.1. The van der Waals surface area contributed by atoms with Crippen LogP contribution in [-0.4, -0.2) is 18.4 Å². The van der Waals surface area contributed by atoms with E-state index in [2.05, 4.69) is 34.9 Å². The van der Waals surface area contributed by atoms with Gasteiger partial charge in [-0.3, -0.25) is 9.59 Å². The topological polar surface area (TPSA) is 58.2 Å². The second kappa shape index (κ2) is 7.30. The van der Waals surface area contributed by atoms with Gasteiger partial charge in [0.2, 0.25) is 5.91 Å². The first-order valence-corrected chi connectivity index (χ1v) is 9.80. The van der Waals surface area contributed by atoms with Gasteiger partial charge in [0.15, 0.2) is 0 Å². The summed E-state index contributed by atoms with van der Waals surface area (Å²) in [7, 11) is 0. The highest BCUT2D eigenvalue weighted by atomic mass is 32.1. The predicted octanol–water partition coefficient (Wildman–Crippen LogP) is 4.15. The van der Waals surface area contributed by atoms with E-state index < -0.39 is 0 Å². The standard InChI is InChI=1S/C21H20N2O2S/c24-19(5-2-11-22-21(25)16-10-12-26-13-16)23-18-9-8-15-7-6-14-3-1-4-17(18)20(14)15/h1,3-4,8-10,12-13H,2,5-7,11H2,(H,22,25)(H,23,24). The van der Waals surface area contributed by atoms with Crippen molar-refractivity contribution in [2.24, 2.45) is 0 Å². The molecular weight excluding hydrogens is 344 g/mol. The number of hydrogen-bond acceptors (Lipinski definition) is 3. The zero-order valence-corrected chi connectivity index (χ0v) is 15.2. The molecule has 0 aliphatic heterocycles. The minimum atomic E-state index is -0.0841. The molecule has 1 aromatic heterocycles. The Morgan fingerprint density at radius 2 is 1.88 bits per heavy atom. The molecule has 5 heteroatoms. The maximum Gasteiger partial charge on any atom is 0.252 e. The van der Waals surface area contributed by atoms with Gasteiger partial charge >= 0.3 is 0 Å². The van der Waals surface area contributed by atoms with Gasteiger partial charge in [0.05, 0.1) is 0 Å². The van der Waals surface area contributed by atoms with Crippen LogP contribution in [0.15, 0.2) is 47.2 Å². The number of carbonyl (C=O) groups is 2. The second-order valence-corrected chi connectivity index (χ2v) is 7.31. The molecule has 0 fully saturated rings. The van der Waals surface area contributed by atoms with E-state index >= 15 is 0 Å². The molecule has 0 spiro atoms. The van der Waals surface area contributed by atoms with Crippen molar-refractivity contribution in [2.45, 2.75) is 25.7 Å². The number of amides is 2. The van der Waals surface area contributed by atoms with Crippen LogP contribution in [0.25, 0.3) is 10.8 Å². The molecule has 1 heterocycles. The average molecular weight is 364 g/mol. The van der Waals surface area contributed by atoms with Crippen molar-refractivity contribution in [2.75, 3.05) is 11.9 Å². The molecule has 4 rings (SSSR count). The maximum atomic E-state index is 12.3. The first kappa shape index (κ1) is 16.8. The zero-order valence-electron chi connectivity index (χ0n) is 14.4. The van der Waals surface area contributed by atoms with E-state index in [0.29, 0.717) is 24.9 Å². The Morgan fingerprint density at radius 1 is 1.04 bits per heavy atom. The van der Waals surface area contributed by atoms with Gasteiger partial charge in [-0.25, -0.2) is 0 Å². The van der Waals surface area contributed by atoms with E-state index in [9.17, 15) is 9.59 Å². The first-order chi connectivity index (χ1) is 12.7. The lowest BCUT2D eigenvalue weighted by atomic mass is 10.0. The normalized spacial score (nSPS) is 12.3. The molecule has 1 aliphatic carbocycles. The third-order valence-electron chi connectivity index (χ3n) is 4.80. The van der Waals surface area contributed by atoms with E-state index in [-0.39, 0.29) is 11.8 Å². The smallest absolute Gasteiger partial charge is 0.252 e. The van der Waals surface area contributed by atoms with E-state index in [1.807, 2.05) is 16.8 Å². The number of anilines is 1. The minimum Gasteiger partial charge on any atom is -0.352 e. The molecule has 1 aliphatic rings. The van der Waals surface area contributed by atoms with Crippen molar-refractivity contribution in [1.82, 2.24) is 5.32 Å². The Balaban J connectivity index is 1.33. The average Bonchev–Trinajstić information content (AvgIpc) is 3.32. The molecule has 0 bridgehead atoms. The zero-order chi connectivity index (χ0) is 17.9. The van der Waals surface area contributed by atoms with Crippen molar-refractivity contribution in [3.63, 3.8) is 0 Å². The molecule has 4 nitrogen and oxygen atoms in total. The van der Waals surface area contributed by atoms with Crippen molar-refractivity contribution in [1.29, 1.82) is 0 Å². The fourth-order valence-corrected chi connectivity index (χ4v) is 4.15. The summed E-state index contributed by atoms with van der Waals surface area (Å²) in [5.74, 6) is -0.104. The van der Waals surface area contributed by atoms with Gasteiger partial charge in [-0.15, -0.1) is 0 Å². The maximum absolute atomic E-state index is 12.3. The number of benzene rings is 2. The van der Waals surface area contributed by atoms with Crippen molar-refractivity contribution in [3.8, 4) is 0 Å². The lowest BCUT2D eigenvalue weighted by Gasteiger charge is -2.11. The predicted molar refractivity (Wildman–Crippen MR) is 106 cm³/mol. The quantitative estimate of drug-likeness (QED) is 0.646. The highest BCUT2D eigenvalue weighted by molar-refractivity contribution is 7.08. The van der Waals surface area contributed by atoms with Crippen LogP contribution >= 0.6 is 11.3 Å². The molecule has 0 saturated heterocycles. The summed E-state index contributed by atoms with van der Waals surface area (Å²) in [6.45, 7) is 0.492. The van der Waals surface area contributed by atoms with Crippen LogP contribution < -0.4 is 10.6 Å². The molecule has 3 aromatic rings. The summed E-state index contributed by atoms with van der Waals surface area (Å²) >= 11 is 1.50. The van der Waals surface area contributed by atoms with Crippen molar-refractivity contribution >= 4 is 39.6 Å². The van der Waals surface area contributed by atoms with E-state index in [1.54, 1.807) is 6.07 Å². The van der Waals surface area contributed by atoms with Gasteiger partial charge in [-0.2, -0.15) is 11.3 Å². The van der Waals surface area contributed by atoms with Gasteiger partial charge in [0, 0.05) is 35.0 Å². The van der Waals surface area contributed by atoms with Crippen LogP contribution in [0.2, 0.25) is 0 Å². The lowest BCUT2D eigenvalue weighted by molar-refractivity contribution is -0.116. The summed E-state index contributed by atoms with van der Waals surface area (Å²) < 4.78 is 0. The molecule has 0 atom stereocenters. The monoisotopic (exact) mass is 364 g/mol. The van der Waals surface area contributed by atoms with Gasteiger partial charge in [0.1, 0.15) is 0 Å². The third-order valence-corrected chi connectivity index (χ3v) is 5.48. The van der Waals surface area contributed by atoms with E-state index in [1.165, 1.54) is 27.8 Å². The minimum absolute atomic E-state index is 0.0199. The van der Waals surface area contributed by atoms with Crippen LogP contribution in [0.3, 0.4) is 0 Å². The highest BCUT2D eigenvalue weighted by Crippen LogP contribution is 2.35. The van der Waals surface area contributed by atoms with Crippen molar-refractivity contribution < 1.29 is 9.59 Å². The molecule has 0 saturated carbocycles. The fraction of sp³-hybridized carbons (Fsp3) is 0.238. The fourth-order valence-electron chi connectivity index (χ4n) is 3.52. The molecule has 132 valence electrons. The second-order valence-electron chi connectivity index (χ2n) is 6.53. The number of aryl methyl sites for hydroxylation is 2. The van der Waals surface area contributed by atoms with Crippen LogP contribution in [0.5, 0.6) is 0 Å². The number of thiophene rings is 1. The van der Waals surface area contributed by atoms with Crippen molar-refractivity contribution in [3.05, 3.63) is 63.8 Å². The Hall–Kier alpha value is -2.66. The molecule has 0 radical (unpaired) electrons. The summed E-state index contributed by atoms with van der Waals surface area (Å²) in [6.07, 6.45) is 3.15. The molecule has 2 N–H and O–H groups in total. The van der Waals surface area contributed by atoms with Gasteiger partial charge in [0.25, 0.3) is 5.91 Å². The van der Waals surface area contributed by atoms with Gasteiger partial charge < -0.3 is 10.6 Å². The third kappa shape index (κ3) is 3.35. The number of nitrogens with one attached hydrogen (secondary N) is 2. The lowest BCUT2D eigenvalue weighted by Crippen LogP contribution is -2.25. The largest absolute Gasteiger partial charge is 0.352 e. The first-order valence-electron chi connectivity index (χ1n) is 8.86. The number of carbonyl (C=O) groups excluding carboxylic acids is 2. The Labute approximate surface area is 156 Å². The molecule has 0 unspecified atom stereocenters. The Bertz CT molecular complexity index is 953. The summed E-state index contributed by atoms with van der Waals surface area (Å²) in [5, 5.41) is 12.0. The van der Waals surface area contributed by atoms with Crippen LogP contribution in [0.4, 0.5) is 5.69 Å². The number of rotatable bonds is 6. The number of hydrogen-bond donors (Lipinski definition) is 2.